The molecule has 0 N–H and O–H groups in total. The van der Waals surface area contributed by atoms with Crippen LogP contribution < -0.4 is 4.90 Å². The van der Waals surface area contributed by atoms with Gasteiger partial charge < -0.3 is 9.64 Å². The summed E-state index contributed by atoms with van der Waals surface area (Å²) in [4.78, 5) is 5.07. The highest BCUT2D eigenvalue weighted by molar-refractivity contribution is 5.56. The second-order valence-electron chi connectivity index (χ2n) is 8.14. The van der Waals surface area contributed by atoms with E-state index >= 15 is 0 Å². The van der Waals surface area contributed by atoms with Gasteiger partial charge in [0.2, 0.25) is 0 Å². The quantitative estimate of drug-likeness (QED) is 0.695. The Morgan fingerprint density at radius 1 is 1.11 bits per heavy atom. The molecule has 7 heteroatoms. The molecular weight excluding hydrogens is 352 g/mol. The van der Waals surface area contributed by atoms with Crippen molar-refractivity contribution in [1.82, 2.24) is 25.1 Å². The minimum Gasteiger partial charge on any atom is -0.383 e. The number of aromatic nitrogens is 4. The number of anilines is 1. The summed E-state index contributed by atoms with van der Waals surface area (Å²) in [7, 11) is 1.71. The fourth-order valence-corrected chi connectivity index (χ4v) is 4.00. The number of piperazine rings is 1. The van der Waals surface area contributed by atoms with Crippen molar-refractivity contribution >= 4 is 5.69 Å². The van der Waals surface area contributed by atoms with E-state index in [1.54, 1.807) is 7.11 Å². The van der Waals surface area contributed by atoms with E-state index in [4.69, 9.17) is 4.74 Å². The number of ether oxygens (including phenoxy) is 1. The first-order valence-electron chi connectivity index (χ1n) is 10.3. The first-order valence-corrected chi connectivity index (χ1v) is 10.3. The highest BCUT2D eigenvalue weighted by Crippen LogP contribution is 2.29. The molecule has 0 bridgehead atoms. The highest BCUT2D eigenvalue weighted by atomic mass is 16.5. The fraction of sp³-hybridized carbons (Fsp3) is 0.667. The van der Waals surface area contributed by atoms with Gasteiger partial charge in [0.25, 0.3) is 0 Å². The van der Waals surface area contributed by atoms with E-state index in [0.29, 0.717) is 19.1 Å². The zero-order valence-corrected chi connectivity index (χ0v) is 17.9. The van der Waals surface area contributed by atoms with Gasteiger partial charge in [-0.3, -0.25) is 4.90 Å². The van der Waals surface area contributed by atoms with E-state index in [2.05, 4.69) is 71.2 Å². The molecule has 1 aliphatic rings. The molecule has 7 nitrogen and oxygen atoms in total. The van der Waals surface area contributed by atoms with Gasteiger partial charge in [-0.25, -0.2) is 4.68 Å². The molecule has 1 aliphatic heterocycles. The van der Waals surface area contributed by atoms with Crippen LogP contribution in [0.15, 0.2) is 18.2 Å². The summed E-state index contributed by atoms with van der Waals surface area (Å²) < 4.78 is 7.13. The van der Waals surface area contributed by atoms with Gasteiger partial charge >= 0.3 is 0 Å². The standard InChI is InChI=1S/C21H34N6O/c1-16(2)15-20(21-22-23-24-27(21)13-14-28-5)26-11-9-25(10-12-26)19-8-6-7-17(3)18(19)4/h6-8,16,20H,9-15H2,1-5H3/t20-/m1/s1. The van der Waals surface area contributed by atoms with E-state index in [-0.39, 0.29) is 6.04 Å². The topological polar surface area (TPSA) is 59.3 Å². The molecule has 0 saturated carbocycles. The van der Waals surface area contributed by atoms with Crippen molar-refractivity contribution in [1.29, 1.82) is 0 Å². The van der Waals surface area contributed by atoms with E-state index in [1.165, 1.54) is 16.8 Å². The maximum Gasteiger partial charge on any atom is 0.168 e. The molecule has 0 spiro atoms. The second-order valence-corrected chi connectivity index (χ2v) is 8.14. The molecule has 1 saturated heterocycles. The Kier molecular flexibility index (Phi) is 7.02. The Hall–Kier alpha value is -1.99. The maximum atomic E-state index is 5.22. The van der Waals surface area contributed by atoms with Crippen LogP contribution >= 0.6 is 0 Å². The van der Waals surface area contributed by atoms with Crippen LogP contribution in [0.5, 0.6) is 0 Å². The summed E-state index contributed by atoms with van der Waals surface area (Å²) in [5.41, 5.74) is 4.11. The lowest BCUT2D eigenvalue weighted by atomic mass is 10.0. The largest absolute Gasteiger partial charge is 0.383 e. The first-order chi connectivity index (χ1) is 13.5. The summed E-state index contributed by atoms with van der Waals surface area (Å²) in [5.74, 6) is 1.54. The molecule has 1 fully saturated rings. The molecule has 0 unspecified atom stereocenters. The van der Waals surface area contributed by atoms with Crippen LogP contribution in [0.3, 0.4) is 0 Å². The summed E-state index contributed by atoms with van der Waals surface area (Å²) in [6.07, 6.45) is 1.05. The predicted octanol–water partition coefficient (Wildman–Crippen LogP) is 2.85. The van der Waals surface area contributed by atoms with Crippen LogP contribution in [0.2, 0.25) is 0 Å². The first kappa shape index (κ1) is 20.7. The van der Waals surface area contributed by atoms with Crippen molar-refractivity contribution in [3.05, 3.63) is 35.2 Å². The molecule has 2 aromatic rings. The van der Waals surface area contributed by atoms with E-state index in [0.717, 1.165) is 38.4 Å². The van der Waals surface area contributed by atoms with E-state index in [9.17, 15) is 0 Å². The van der Waals surface area contributed by atoms with E-state index in [1.807, 2.05) is 4.68 Å². The molecule has 0 aliphatic carbocycles. The number of methoxy groups -OCH3 is 1. The SMILES string of the molecule is COCCn1nnnc1[C@@H](CC(C)C)N1CCN(c2cccc(C)c2C)CC1. The number of benzene rings is 1. The lowest BCUT2D eigenvalue weighted by Crippen LogP contribution is -2.48. The molecule has 28 heavy (non-hydrogen) atoms. The van der Waals surface area contributed by atoms with Crippen molar-refractivity contribution in [3.63, 3.8) is 0 Å². The molecule has 3 rings (SSSR count). The zero-order chi connectivity index (χ0) is 20.1. The number of aryl methyl sites for hydroxylation is 1. The van der Waals surface area contributed by atoms with Gasteiger partial charge in [-0.15, -0.1) is 5.10 Å². The van der Waals surface area contributed by atoms with Crippen molar-refractivity contribution in [2.75, 3.05) is 44.8 Å². The number of hydrogen-bond acceptors (Lipinski definition) is 6. The average molecular weight is 387 g/mol. The number of hydrogen-bond donors (Lipinski definition) is 0. The van der Waals surface area contributed by atoms with E-state index < -0.39 is 0 Å². The molecule has 2 heterocycles. The van der Waals surface area contributed by atoms with Crippen LogP contribution in [-0.4, -0.2) is 65.0 Å². The van der Waals surface area contributed by atoms with Gasteiger partial charge in [-0.05, 0) is 53.8 Å². The van der Waals surface area contributed by atoms with Gasteiger partial charge in [0.05, 0.1) is 19.2 Å². The lowest BCUT2D eigenvalue weighted by molar-refractivity contribution is 0.145. The molecule has 0 radical (unpaired) electrons. The van der Waals surface area contributed by atoms with Crippen LogP contribution in [-0.2, 0) is 11.3 Å². The summed E-state index contributed by atoms with van der Waals surface area (Å²) in [6, 6.07) is 6.84. The van der Waals surface area contributed by atoms with Crippen molar-refractivity contribution < 1.29 is 4.74 Å². The third kappa shape index (κ3) is 4.70. The Morgan fingerprint density at radius 2 is 1.86 bits per heavy atom. The summed E-state index contributed by atoms with van der Waals surface area (Å²) >= 11 is 0. The molecule has 1 aromatic heterocycles. The minimum atomic E-state index is 0.243. The van der Waals surface area contributed by atoms with Gasteiger partial charge in [0.15, 0.2) is 5.82 Å². The molecule has 1 atom stereocenters. The average Bonchev–Trinajstić information content (AvgIpc) is 3.15. The fourth-order valence-electron chi connectivity index (χ4n) is 4.00. The van der Waals surface area contributed by atoms with Gasteiger partial charge in [-0.1, -0.05) is 26.0 Å². The Labute approximate surface area is 168 Å². The van der Waals surface area contributed by atoms with Gasteiger partial charge in [0.1, 0.15) is 0 Å². The predicted molar refractivity (Wildman–Crippen MR) is 112 cm³/mol. The molecular formula is C21H34N6O. The smallest absolute Gasteiger partial charge is 0.168 e. The van der Waals surface area contributed by atoms with Crippen LogP contribution in [0.1, 0.15) is 43.3 Å². The Balaban J connectivity index is 1.73. The van der Waals surface area contributed by atoms with Gasteiger partial charge in [-0.2, -0.15) is 0 Å². The Bertz CT molecular complexity index is 751. The monoisotopic (exact) mass is 386 g/mol. The number of tetrazole rings is 1. The van der Waals surface area contributed by atoms with Crippen molar-refractivity contribution in [2.45, 2.75) is 46.7 Å². The number of rotatable bonds is 8. The molecule has 0 amide bonds. The van der Waals surface area contributed by atoms with Crippen LogP contribution in [0.25, 0.3) is 0 Å². The third-order valence-electron chi connectivity index (χ3n) is 5.73. The number of nitrogens with zero attached hydrogens (tertiary/aromatic N) is 6. The van der Waals surface area contributed by atoms with Crippen LogP contribution in [0, 0.1) is 19.8 Å². The molecule has 1 aromatic carbocycles. The zero-order valence-electron chi connectivity index (χ0n) is 17.9. The normalized spacial score (nSPS) is 16.7. The minimum absolute atomic E-state index is 0.243. The third-order valence-corrected chi connectivity index (χ3v) is 5.73. The lowest BCUT2D eigenvalue weighted by Gasteiger charge is -2.40. The van der Waals surface area contributed by atoms with Gasteiger partial charge in [0, 0.05) is 39.0 Å². The molecule has 154 valence electrons. The maximum absolute atomic E-state index is 5.22. The van der Waals surface area contributed by atoms with Crippen molar-refractivity contribution in [2.24, 2.45) is 5.92 Å². The summed E-state index contributed by atoms with van der Waals surface area (Å²) in [6.45, 7) is 14.3. The Morgan fingerprint density at radius 3 is 2.54 bits per heavy atom. The van der Waals surface area contributed by atoms with Crippen LogP contribution in [0.4, 0.5) is 5.69 Å². The second kappa shape index (κ2) is 9.47. The van der Waals surface area contributed by atoms with Crippen molar-refractivity contribution in [3.8, 4) is 0 Å². The summed E-state index contributed by atoms with van der Waals surface area (Å²) in [5, 5.41) is 12.5. The highest BCUT2D eigenvalue weighted by Gasteiger charge is 2.30.